The Morgan fingerprint density at radius 1 is 1.26 bits per heavy atom. The SMILES string of the molecule is COc1cc(OC)c2cc(C)n(CCC(=O)[O-])c2c1. The van der Waals surface area contributed by atoms with E-state index in [0.717, 1.165) is 16.6 Å². The van der Waals surface area contributed by atoms with Gasteiger partial charge in [-0.25, -0.2) is 0 Å². The number of carbonyl (C=O) groups excluding carboxylic acids is 1. The van der Waals surface area contributed by atoms with Gasteiger partial charge in [-0.05, 0) is 13.0 Å². The van der Waals surface area contributed by atoms with Crippen molar-refractivity contribution >= 4 is 16.9 Å². The fourth-order valence-electron chi connectivity index (χ4n) is 2.22. The molecule has 0 aliphatic carbocycles. The van der Waals surface area contributed by atoms with Gasteiger partial charge in [0.15, 0.2) is 0 Å². The molecule has 19 heavy (non-hydrogen) atoms. The number of hydrogen-bond donors (Lipinski definition) is 0. The molecule has 0 N–H and O–H groups in total. The van der Waals surface area contributed by atoms with Crippen molar-refractivity contribution < 1.29 is 19.4 Å². The average Bonchev–Trinajstić information content (AvgIpc) is 2.70. The summed E-state index contributed by atoms with van der Waals surface area (Å²) < 4.78 is 12.5. The highest BCUT2D eigenvalue weighted by atomic mass is 16.5. The molecule has 102 valence electrons. The molecular formula is C14H16NO4-. The highest BCUT2D eigenvalue weighted by Crippen LogP contribution is 2.33. The third kappa shape index (κ3) is 2.50. The second kappa shape index (κ2) is 5.22. The lowest BCUT2D eigenvalue weighted by Crippen LogP contribution is -2.23. The summed E-state index contributed by atoms with van der Waals surface area (Å²) in [5.74, 6) is 0.331. The van der Waals surface area contributed by atoms with E-state index >= 15 is 0 Å². The molecule has 1 aromatic carbocycles. The quantitative estimate of drug-likeness (QED) is 0.809. The predicted octanol–water partition coefficient (Wildman–Crippen LogP) is 1.11. The summed E-state index contributed by atoms with van der Waals surface area (Å²) in [5.41, 5.74) is 1.87. The Bertz CT molecular complexity index is 615. The molecule has 2 aromatic rings. The van der Waals surface area contributed by atoms with Crippen molar-refractivity contribution in [3.05, 3.63) is 23.9 Å². The van der Waals surface area contributed by atoms with Crippen LogP contribution in [0, 0.1) is 6.92 Å². The molecule has 5 heteroatoms. The summed E-state index contributed by atoms with van der Waals surface area (Å²) in [6.07, 6.45) is -0.0237. The lowest BCUT2D eigenvalue weighted by atomic mass is 10.2. The van der Waals surface area contributed by atoms with Gasteiger partial charge < -0.3 is 23.9 Å². The van der Waals surface area contributed by atoms with Crippen LogP contribution in [0.15, 0.2) is 18.2 Å². The molecule has 0 radical (unpaired) electrons. The summed E-state index contributed by atoms with van der Waals surface area (Å²) in [4.78, 5) is 10.6. The van der Waals surface area contributed by atoms with Crippen LogP contribution in [0.1, 0.15) is 12.1 Å². The van der Waals surface area contributed by atoms with Gasteiger partial charge in [-0.15, -0.1) is 0 Å². The largest absolute Gasteiger partial charge is 0.550 e. The van der Waals surface area contributed by atoms with E-state index in [1.54, 1.807) is 14.2 Å². The Morgan fingerprint density at radius 2 is 2.00 bits per heavy atom. The van der Waals surface area contributed by atoms with Gasteiger partial charge in [0.1, 0.15) is 11.5 Å². The Kier molecular flexibility index (Phi) is 3.64. The van der Waals surface area contributed by atoms with Crippen LogP contribution < -0.4 is 14.6 Å². The van der Waals surface area contributed by atoms with Crippen molar-refractivity contribution in [3.8, 4) is 11.5 Å². The molecule has 0 fully saturated rings. The van der Waals surface area contributed by atoms with Crippen LogP contribution in [0.25, 0.3) is 10.9 Å². The summed E-state index contributed by atoms with van der Waals surface area (Å²) in [7, 11) is 3.18. The Morgan fingerprint density at radius 3 is 2.58 bits per heavy atom. The molecule has 0 atom stereocenters. The first-order valence-corrected chi connectivity index (χ1v) is 5.98. The van der Waals surface area contributed by atoms with Crippen LogP contribution in [-0.4, -0.2) is 24.8 Å². The van der Waals surface area contributed by atoms with E-state index in [1.807, 2.05) is 29.7 Å². The van der Waals surface area contributed by atoms with Gasteiger partial charge in [0.25, 0.3) is 0 Å². The van der Waals surface area contributed by atoms with E-state index in [0.29, 0.717) is 18.0 Å². The molecule has 1 aromatic heterocycles. The van der Waals surface area contributed by atoms with Crippen molar-refractivity contribution in [2.75, 3.05) is 14.2 Å². The average molecular weight is 262 g/mol. The number of hydrogen-bond acceptors (Lipinski definition) is 4. The minimum atomic E-state index is -1.06. The summed E-state index contributed by atoms with van der Waals surface area (Å²) >= 11 is 0. The molecule has 0 amide bonds. The normalized spacial score (nSPS) is 10.7. The topological polar surface area (TPSA) is 63.5 Å². The van der Waals surface area contributed by atoms with Gasteiger partial charge >= 0.3 is 0 Å². The number of nitrogens with zero attached hydrogens (tertiary/aromatic N) is 1. The van der Waals surface area contributed by atoms with Crippen LogP contribution in [0.3, 0.4) is 0 Å². The van der Waals surface area contributed by atoms with Gasteiger partial charge in [0.05, 0.1) is 19.7 Å². The summed E-state index contributed by atoms with van der Waals surface area (Å²) in [5, 5.41) is 11.6. The lowest BCUT2D eigenvalue weighted by molar-refractivity contribution is -0.305. The second-order valence-electron chi connectivity index (χ2n) is 4.32. The van der Waals surface area contributed by atoms with E-state index < -0.39 is 5.97 Å². The van der Waals surface area contributed by atoms with Crippen LogP contribution in [-0.2, 0) is 11.3 Å². The maximum atomic E-state index is 10.6. The van der Waals surface area contributed by atoms with Crippen LogP contribution in [0.4, 0.5) is 0 Å². The first-order chi connectivity index (χ1) is 9.06. The Hall–Kier alpha value is -2.17. The van der Waals surface area contributed by atoms with E-state index in [2.05, 4.69) is 0 Å². The first-order valence-electron chi connectivity index (χ1n) is 5.98. The number of carboxylic acids is 1. The van der Waals surface area contributed by atoms with Gasteiger partial charge in [0.2, 0.25) is 0 Å². The third-order valence-electron chi connectivity index (χ3n) is 3.16. The Labute approximate surface area is 111 Å². The molecule has 2 rings (SSSR count). The third-order valence-corrected chi connectivity index (χ3v) is 3.16. The van der Waals surface area contributed by atoms with Crippen LogP contribution >= 0.6 is 0 Å². The van der Waals surface area contributed by atoms with Crippen molar-refractivity contribution in [3.63, 3.8) is 0 Å². The second-order valence-corrected chi connectivity index (χ2v) is 4.32. The number of aromatic nitrogens is 1. The fourth-order valence-corrected chi connectivity index (χ4v) is 2.22. The highest BCUT2D eigenvalue weighted by molar-refractivity contribution is 5.89. The molecule has 0 spiro atoms. The number of carbonyl (C=O) groups is 1. The van der Waals surface area contributed by atoms with Crippen molar-refractivity contribution in [2.24, 2.45) is 0 Å². The molecular weight excluding hydrogens is 246 g/mol. The zero-order chi connectivity index (χ0) is 14.0. The minimum Gasteiger partial charge on any atom is -0.550 e. The molecule has 0 saturated carbocycles. The summed E-state index contributed by atoms with van der Waals surface area (Å²) in [6.45, 7) is 2.30. The van der Waals surface area contributed by atoms with E-state index in [4.69, 9.17) is 9.47 Å². The molecule has 0 unspecified atom stereocenters. The molecule has 0 aliphatic rings. The van der Waals surface area contributed by atoms with Crippen molar-refractivity contribution in [1.82, 2.24) is 4.57 Å². The van der Waals surface area contributed by atoms with E-state index in [-0.39, 0.29) is 6.42 Å². The van der Waals surface area contributed by atoms with Crippen LogP contribution in [0.2, 0.25) is 0 Å². The highest BCUT2D eigenvalue weighted by Gasteiger charge is 2.12. The number of ether oxygens (including phenoxy) is 2. The minimum absolute atomic E-state index is 0.0237. The number of methoxy groups -OCH3 is 2. The lowest BCUT2D eigenvalue weighted by Gasteiger charge is -2.11. The maximum Gasteiger partial charge on any atom is 0.131 e. The number of carboxylic acid groups (broad SMARTS) is 1. The predicted molar refractivity (Wildman–Crippen MR) is 69.4 cm³/mol. The number of rotatable bonds is 5. The molecule has 0 aliphatic heterocycles. The van der Waals surface area contributed by atoms with Gasteiger partial charge in [-0.3, -0.25) is 0 Å². The monoisotopic (exact) mass is 262 g/mol. The first kappa shape index (κ1) is 13.3. The Balaban J connectivity index is 2.56. The molecule has 0 bridgehead atoms. The van der Waals surface area contributed by atoms with Crippen LogP contribution in [0.5, 0.6) is 11.5 Å². The van der Waals surface area contributed by atoms with E-state index in [1.165, 1.54) is 0 Å². The zero-order valence-corrected chi connectivity index (χ0v) is 11.2. The van der Waals surface area contributed by atoms with Gasteiger partial charge in [-0.1, -0.05) is 0 Å². The van der Waals surface area contributed by atoms with Gasteiger partial charge in [-0.2, -0.15) is 0 Å². The maximum absolute atomic E-state index is 10.6. The zero-order valence-electron chi connectivity index (χ0n) is 11.2. The standard InChI is InChI=1S/C14H17NO4/c1-9-6-11-12(15(9)5-4-14(16)17)7-10(18-2)8-13(11)19-3/h6-8H,4-5H2,1-3H3,(H,16,17)/p-1. The van der Waals surface area contributed by atoms with Gasteiger partial charge in [0, 0.05) is 42.1 Å². The van der Waals surface area contributed by atoms with Crippen molar-refractivity contribution in [1.29, 1.82) is 0 Å². The fraction of sp³-hybridized carbons (Fsp3) is 0.357. The smallest absolute Gasteiger partial charge is 0.131 e. The number of benzene rings is 1. The van der Waals surface area contributed by atoms with Crippen molar-refractivity contribution in [2.45, 2.75) is 19.9 Å². The number of fused-ring (bicyclic) bond motifs is 1. The molecule has 1 heterocycles. The summed E-state index contributed by atoms with van der Waals surface area (Å²) in [6, 6.07) is 5.66. The molecule has 0 saturated heterocycles. The number of aliphatic carboxylic acids is 1. The van der Waals surface area contributed by atoms with E-state index in [9.17, 15) is 9.90 Å². The molecule has 5 nitrogen and oxygen atoms in total. The number of aryl methyl sites for hydroxylation is 2.